The molecule has 0 N–H and O–H groups in total. The first kappa shape index (κ1) is 17.9. The molecule has 2 heterocycles. The summed E-state index contributed by atoms with van der Waals surface area (Å²) in [5.74, 6) is 0.402. The van der Waals surface area contributed by atoms with Gasteiger partial charge >= 0.3 is 0 Å². The number of likely N-dealkylation sites (tertiary alicyclic amines) is 1. The topological polar surface area (TPSA) is 76.3 Å². The molecular formula is C19H17N3O3S2. The van der Waals surface area contributed by atoms with Gasteiger partial charge in [-0.1, -0.05) is 12.1 Å². The van der Waals surface area contributed by atoms with Crippen LogP contribution in [0.15, 0.2) is 53.4 Å². The highest BCUT2D eigenvalue weighted by molar-refractivity contribution is 8.00. The lowest BCUT2D eigenvalue weighted by Gasteiger charge is -2.23. The third-order valence-electron chi connectivity index (χ3n) is 4.58. The maximum absolute atomic E-state index is 12.8. The van der Waals surface area contributed by atoms with Gasteiger partial charge in [-0.25, -0.2) is 4.98 Å². The van der Waals surface area contributed by atoms with Crippen LogP contribution in [-0.2, 0) is 4.79 Å². The van der Waals surface area contributed by atoms with Crippen LogP contribution in [0.1, 0.15) is 23.9 Å². The van der Waals surface area contributed by atoms with Crippen molar-refractivity contribution in [2.24, 2.45) is 0 Å². The third-order valence-corrected chi connectivity index (χ3v) is 6.71. The summed E-state index contributed by atoms with van der Waals surface area (Å²) in [5, 5.41) is 11.7. The van der Waals surface area contributed by atoms with E-state index in [1.165, 1.54) is 23.9 Å². The van der Waals surface area contributed by atoms with Crippen LogP contribution in [0.25, 0.3) is 10.2 Å². The molecule has 27 heavy (non-hydrogen) atoms. The molecule has 0 radical (unpaired) electrons. The van der Waals surface area contributed by atoms with E-state index in [4.69, 9.17) is 4.98 Å². The minimum absolute atomic E-state index is 0.0485. The summed E-state index contributed by atoms with van der Waals surface area (Å²) in [5.41, 5.74) is 1.04. The van der Waals surface area contributed by atoms with Crippen LogP contribution < -0.4 is 0 Å². The molecule has 6 nitrogen and oxygen atoms in total. The van der Waals surface area contributed by atoms with Crippen LogP contribution in [0.5, 0.6) is 0 Å². The third kappa shape index (κ3) is 3.81. The van der Waals surface area contributed by atoms with Gasteiger partial charge < -0.3 is 4.90 Å². The Bertz CT molecular complexity index is 954. The van der Waals surface area contributed by atoms with E-state index in [1.807, 2.05) is 23.1 Å². The second-order valence-corrected chi connectivity index (χ2v) is 8.42. The quantitative estimate of drug-likeness (QED) is 0.354. The number of para-hydroxylation sites is 1. The Hall–Kier alpha value is -2.45. The van der Waals surface area contributed by atoms with E-state index < -0.39 is 4.92 Å². The number of fused-ring (bicyclic) bond motifs is 1. The molecule has 1 amide bonds. The lowest BCUT2D eigenvalue weighted by molar-refractivity contribution is -0.384. The smallest absolute Gasteiger partial charge is 0.269 e. The summed E-state index contributed by atoms with van der Waals surface area (Å²) >= 11 is 3.07. The average Bonchev–Trinajstić information content (AvgIpc) is 3.32. The van der Waals surface area contributed by atoms with Crippen molar-refractivity contribution in [2.45, 2.75) is 23.8 Å². The van der Waals surface area contributed by atoms with E-state index in [2.05, 4.69) is 6.07 Å². The van der Waals surface area contributed by atoms with E-state index in [0.29, 0.717) is 5.75 Å². The molecule has 0 bridgehead atoms. The number of nitro groups is 1. The van der Waals surface area contributed by atoms with Crippen molar-refractivity contribution in [1.29, 1.82) is 0 Å². The van der Waals surface area contributed by atoms with Crippen LogP contribution in [0.3, 0.4) is 0 Å². The highest BCUT2D eigenvalue weighted by Crippen LogP contribution is 2.37. The number of aromatic nitrogens is 1. The van der Waals surface area contributed by atoms with E-state index in [1.54, 1.807) is 23.5 Å². The summed E-state index contributed by atoms with van der Waals surface area (Å²) in [7, 11) is 0. The monoisotopic (exact) mass is 399 g/mol. The van der Waals surface area contributed by atoms with E-state index in [-0.39, 0.29) is 17.6 Å². The second kappa shape index (κ2) is 7.66. The molecule has 1 aliphatic heterocycles. The minimum atomic E-state index is -0.424. The van der Waals surface area contributed by atoms with Gasteiger partial charge in [0.05, 0.1) is 26.9 Å². The average molecular weight is 399 g/mol. The molecule has 8 heteroatoms. The van der Waals surface area contributed by atoms with E-state index in [0.717, 1.165) is 39.5 Å². The number of benzene rings is 2. The van der Waals surface area contributed by atoms with Gasteiger partial charge in [0, 0.05) is 23.6 Å². The standard InChI is InChI=1S/C19H17N3O3S2/c23-18(12-26-14-9-7-13(8-10-14)22(24)25)21-11-3-5-16(21)19-20-15-4-1-2-6-17(15)27-19/h1-2,4,6-10,16H,3,5,11-12H2. The van der Waals surface area contributed by atoms with Gasteiger partial charge in [-0.3, -0.25) is 14.9 Å². The van der Waals surface area contributed by atoms with Crippen LogP contribution in [0, 0.1) is 10.1 Å². The maximum atomic E-state index is 12.8. The number of carbonyl (C=O) groups excluding carboxylic acids is 1. The number of hydrogen-bond donors (Lipinski definition) is 0. The number of nitro benzene ring substituents is 1. The Morgan fingerprint density at radius 2 is 2.04 bits per heavy atom. The Morgan fingerprint density at radius 1 is 1.26 bits per heavy atom. The largest absolute Gasteiger partial charge is 0.332 e. The number of non-ortho nitro benzene ring substituents is 1. The zero-order valence-corrected chi connectivity index (χ0v) is 16.0. The molecule has 1 saturated heterocycles. The lowest BCUT2D eigenvalue weighted by Crippen LogP contribution is -2.31. The summed E-state index contributed by atoms with van der Waals surface area (Å²) in [6.45, 7) is 0.750. The molecule has 1 fully saturated rings. The van der Waals surface area contributed by atoms with Crippen LogP contribution in [0.2, 0.25) is 0 Å². The van der Waals surface area contributed by atoms with Crippen molar-refractivity contribution in [1.82, 2.24) is 9.88 Å². The number of nitrogens with zero attached hydrogens (tertiary/aromatic N) is 3. The molecule has 0 aliphatic carbocycles. The van der Waals surface area contributed by atoms with Crippen LogP contribution in [-0.4, -0.2) is 33.0 Å². The van der Waals surface area contributed by atoms with Gasteiger partial charge in [0.1, 0.15) is 5.01 Å². The lowest BCUT2D eigenvalue weighted by atomic mass is 10.2. The first-order valence-corrected chi connectivity index (χ1v) is 10.4. The van der Waals surface area contributed by atoms with Gasteiger partial charge in [-0.15, -0.1) is 23.1 Å². The predicted octanol–water partition coefficient (Wildman–Crippen LogP) is 4.66. The maximum Gasteiger partial charge on any atom is 0.269 e. The normalized spacial score (nSPS) is 16.7. The summed E-state index contributed by atoms with van der Waals surface area (Å²) in [4.78, 5) is 30.6. The Balaban J connectivity index is 1.43. The molecule has 1 aliphatic rings. The number of thioether (sulfide) groups is 1. The van der Waals surface area contributed by atoms with Crippen molar-refractivity contribution in [3.8, 4) is 0 Å². The SMILES string of the molecule is O=C(CSc1ccc([N+](=O)[O-])cc1)N1CCCC1c1nc2ccccc2s1. The molecular weight excluding hydrogens is 382 g/mol. The molecule has 3 aromatic rings. The molecule has 4 rings (SSSR count). The van der Waals surface area contributed by atoms with Gasteiger partial charge in [0.2, 0.25) is 5.91 Å². The molecule has 1 atom stereocenters. The molecule has 138 valence electrons. The molecule has 2 aromatic carbocycles. The Morgan fingerprint density at radius 3 is 2.78 bits per heavy atom. The van der Waals surface area contributed by atoms with Gasteiger partial charge in [-0.05, 0) is 37.1 Å². The summed E-state index contributed by atoms with van der Waals surface area (Å²) < 4.78 is 1.15. The van der Waals surface area contributed by atoms with Crippen molar-refractivity contribution in [3.63, 3.8) is 0 Å². The van der Waals surface area contributed by atoms with E-state index >= 15 is 0 Å². The molecule has 1 aromatic heterocycles. The Kier molecular flexibility index (Phi) is 5.09. The summed E-state index contributed by atoms with van der Waals surface area (Å²) in [6, 6.07) is 14.4. The van der Waals surface area contributed by atoms with Crippen LogP contribution >= 0.6 is 23.1 Å². The highest BCUT2D eigenvalue weighted by Gasteiger charge is 2.32. The second-order valence-electron chi connectivity index (χ2n) is 6.30. The minimum Gasteiger partial charge on any atom is -0.332 e. The molecule has 1 unspecified atom stereocenters. The summed E-state index contributed by atoms with van der Waals surface area (Å²) in [6.07, 6.45) is 1.92. The Labute approximate surface area is 164 Å². The highest BCUT2D eigenvalue weighted by atomic mass is 32.2. The molecule has 0 spiro atoms. The van der Waals surface area contributed by atoms with Crippen molar-refractivity contribution in [3.05, 3.63) is 63.7 Å². The van der Waals surface area contributed by atoms with Gasteiger partial charge in [0.25, 0.3) is 5.69 Å². The van der Waals surface area contributed by atoms with Gasteiger partial charge in [0.15, 0.2) is 0 Å². The van der Waals surface area contributed by atoms with Crippen LogP contribution in [0.4, 0.5) is 5.69 Å². The van der Waals surface area contributed by atoms with Gasteiger partial charge in [-0.2, -0.15) is 0 Å². The number of rotatable bonds is 5. The fourth-order valence-corrected chi connectivity index (χ4v) is 5.15. The number of thiazole rings is 1. The fraction of sp³-hybridized carbons (Fsp3) is 0.263. The first-order chi connectivity index (χ1) is 13.1. The fourth-order valence-electron chi connectivity index (χ4n) is 3.25. The number of hydrogen-bond acceptors (Lipinski definition) is 6. The number of amides is 1. The van der Waals surface area contributed by atoms with Crippen molar-refractivity contribution >= 4 is 44.9 Å². The predicted molar refractivity (Wildman–Crippen MR) is 107 cm³/mol. The molecule has 0 saturated carbocycles. The van der Waals surface area contributed by atoms with E-state index in [9.17, 15) is 14.9 Å². The first-order valence-electron chi connectivity index (χ1n) is 8.64. The van der Waals surface area contributed by atoms with Crippen molar-refractivity contribution in [2.75, 3.05) is 12.3 Å². The number of carbonyl (C=O) groups is 1. The zero-order valence-electron chi connectivity index (χ0n) is 14.4. The zero-order chi connectivity index (χ0) is 18.8. The van der Waals surface area contributed by atoms with Crippen molar-refractivity contribution < 1.29 is 9.72 Å².